The number of hydrogen-bond donors (Lipinski definition) is 1. The van der Waals surface area contributed by atoms with Gasteiger partial charge in [0, 0.05) is 25.1 Å². The first-order valence-corrected chi connectivity index (χ1v) is 10.4. The summed E-state index contributed by atoms with van der Waals surface area (Å²) in [5.74, 6) is -0.0177. The zero-order valence-electron chi connectivity index (χ0n) is 17.8. The van der Waals surface area contributed by atoms with Crippen molar-refractivity contribution in [2.24, 2.45) is 5.92 Å². The van der Waals surface area contributed by atoms with Gasteiger partial charge in [0.2, 0.25) is 11.8 Å². The molecule has 1 aliphatic heterocycles. The summed E-state index contributed by atoms with van der Waals surface area (Å²) in [4.78, 5) is 26.9. The average molecular weight is 413 g/mol. The van der Waals surface area contributed by atoms with Crippen molar-refractivity contribution >= 4 is 11.8 Å². The number of carbonyl (C=O) groups is 2. The number of carbonyl (C=O) groups excluding carboxylic acids is 2. The SMILES string of the molecule is CCOc1ccc(C(C)(C)NC(=O)C2CCC(=O)N(Cc3ccccc3F)C2)cc1. The van der Waals surface area contributed by atoms with Crippen molar-refractivity contribution in [1.82, 2.24) is 10.2 Å². The van der Waals surface area contributed by atoms with E-state index in [0.29, 0.717) is 25.1 Å². The van der Waals surface area contributed by atoms with Gasteiger partial charge in [-0.25, -0.2) is 4.39 Å². The maximum atomic E-state index is 14.0. The lowest BCUT2D eigenvalue weighted by Crippen LogP contribution is -2.49. The van der Waals surface area contributed by atoms with Gasteiger partial charge in [0.25, 0.3) is 0 Å². The minimum Gasteiger partial charge on any atom is -0.494 e. The number of amides is 2. The van der Waals surface area contributed by atoms with Crippen LogP contribution in [0.3, 0.4) is 0 Å². The highest BCUT2D eigenvalue weighted by molar-refractivity contribution is 5.84. The van der Waals surface area contributed by atoms with Gasteiger partial charge >= 0.3 is 0 Å². The van der Waals surface area contributed by atoms with Crippen LogP contribution in [0.15, 0.2) is 48.5 Å². The van der Waals surface area contributed by atoms with Gasteiger partial charge in [-0.2, -0.15) is 0 Å². The molecule has 1 atom stereocenters. The van der Waals surface area contributed by atoms with Crippen molar-refractivity contribution in [1.29, 1.82) is 0 Å². The quantitative estimate of drug-likeness (QED) is 0.747. The molecule has 3 rings (SSSR count). The van der Waals surface area contributed by atoms with E-state index in [1.54, 1.807) is 23.1 Å². The van der Waals surface area contributed by atoms with E-state index >= 15 is 0 Å². The highest BCUT2D eigenvalue weighted by Gasteiger charge is 2.33. The molecule has 0 aromatic heterocycles. The topological polar surface area (TPSA) is 58.6 Å². The first kappa shape index (κ1) is 21.8. The Kier molecular flexibility index (Phi) is 6.75. The van der Waals surface area contributed by atoms with Gasteiger partial charge in [-0.3, -0.25) is 9.59 Å². The van der Waals surface area contributed by atoms with E-state index in [-0.39, 0.29) is 36.5 Å². The fourth-order valence-electron chi connectivity index (χ4n) is 3.73. The van der Waals surface area contributed by atoms with E-state index < -0.39 is 5.54 Å². The van der Waals surface area contributed by atoms with Crippen molar-refractivity contribution in [2.45, 2.75) is 45.7 Å². The van der Waals surface area contributed by atoms with E-state index in [4.69, 9.17) is 4.74 Å². The number of nitrogens with one attached hydrogen (secondary N) is 1. The summed E-state index contributed by atoms with van der Waals surface area (Å²) in [6.45, 7) is 6.90. The van der Waals surface area contributed by atoms with E-state index in [0.717, 1.165) is 11.3 Å². The number of benzene rings is 2. The Morgan fingerprint density at radius 2 is 1.90 bits per heavy atom. The van der Waals surface area contributed by atoms with Gasteiger partial charge < -0.3 is 15.0 Å². The fourth-order valence-corrected chi connectivity index (χ4v) is 3.73. The van der Waals surface area contributed by atoms with Crippen LogP contribution >= 0.6 is 0 Å². The Labute approximate surface area is 177 Å². The summed E-state index contributed by atoms with van der Waals surface area (Å²) < 4.78 is 19.5. The molecule has 30 heavy (non-hydrogen) atoms. The van der Waals surface area contributed by atoms with Crippen LogP contribution in [0.1, 0.15) is 44.7 Å². The lowest BCUT2D eigenvalue weighted by atomic mass is 9.91. The largest absolute Gasteiger partial charge is 0.494 e. The average Bonchev–Trinajstić information content (AvgIpc) is 2.71. The van der Waals surface area contributed by atoms with Crippen LogP contribution in [0.25, 0.3) is 0 Å². The molecule has 0 spiro atoms. The number of rotatable bonds is 7. The molecule has 1 N–H and O–H groups in total. The molecule has 0 bridgehead atoms. The second-order valence-corrected chi connectivity index (χ2v) is 8.17. The Balaban J connectivity index is 1.65. The molecule has 1 aliphatic rings. The van der Waals surface area contributed by atoms with Gasteiger partial charge in [-0.05, 0) is 51.0 Å². The molecule has 2 amide bonds. The van der Waals surface area contributed by atoms with E-state index in [9.17, 15) is 14.0 Å². The molecule has 0 aliphatic carbocycles. The van der Waals surface area contributed by atoms with E-state index in [2.05, 4.69) is 5.32 Å². The Morgan fingerprint density at radius 1 is 1.20 bits per heavy atom. The maximum Gasteiger partial charge on any atom is 0.225 e. The van der Waals surface area contributed by atoms with Crippen LogP contribution in [0.4, 0.5) is 4.39 Å². The molecular formula is C24H29FN2O3. The van der Waals surface area contributed by atoms with Gasteiger partial charge in [0.1, 0.15) is 11.6 Å². The molecule has 1 fully saturated rings. The van der Waals surface area contributed by atoms with Gasteiger partial charge in [-0.15, -0.1) is 0 Å². The monoisotopic (exact) mass is 412 g/mol. The molecule has 0 saturated carbocycles. The zero-order chi connectivity index (χ0) is 21.7. The summed E-state index contributed by atoms with van der Waals surface area (Å²) in [6, 6.07) is 14.1. The van der Waals surface area contributed by atoms with Crippen LogP contribution in [0.2, 0.25) is 0 Å². The smallest absolute Gasteiger partial charge is 0.225 e. The molecule has 1 unspecified atom stereocenters. The second-order valence-electron chi connectivity index (χ2n) is 8.17. The number of piperidine rings is 1. The molecule has 5 nitrogen and oxygen atoms in total. The van der Waals surface area contributed by atoms with E-state index in [1.165, 1.54) is 6.07 Å². The van der Waals surface area contributed by atoms with Gasteiger partial charge in [-0.1, -0.05) is 30.3 Å². The lowest BCUT2D eigenvalue weighted by molar-refractivity contribution is -0.139. The van der Waals surface area contributed by atoms with Crippen LogP contribution in [-0.2, 0) is 21.7 Å². The van der Waals surface area contributed by atoms with Crippen molar-refractivity contribution in [3.63, 3.8) is 0 Å². The molecule has 160 valence electrons. The van der Waals surface area contributed by atoms with Crippen LogP contribution in [-0.4, -0.2) is 29.9 Å². The number of halogens is 1. The Hall–Kier alpha value is -2.89. The van der Waals surface area contributed by atoms with Crippen molar-refractivity contribution < 1.29 is 18.7 Å². The van der Waals surface area contributed by atoms with Crippen LogP contribution in [0.5, 0.6) is 5.75 Å². The highest BCUT2D eigenvalue weighted by Crippen LogP contribution is 2.26. The van der Waals surface area contributed by atoms with Crippen LogP contribution in [0, 0.1) is 11.7 Å². The number of hydrogen-bond acceptors (Lipinski definition) is 3. The minimum atomic E-state index is -0.570. The molecule has 1 heterocycles. The number of likely N-dealkylation sites (tertiary alicyclic amines) is 1. The molecule has 6 heteroatoms. The third-order valence-electron chi connectivity index (χ3n) is 5.51. The number of ether oxygens (including phenoxy) is 1. The predicted molar refractivity (Wildman–Crippen MR) is 113 cm³/mol. The van der Waals surface area contributed by atoms with Crippen molar-refractivity contribution in [2.75, 3.05) is 13.2 Å². The first-order valence-electron chi connectivity index (χ1n) is 10.4. The van der Waals surface area contributed by atoms with Crippen LogP contribution < -0.4 is 10.1 Å². The normalized spacial score (nSPS) is 17.0. The van der Waals surface area contributed by atoms with Crippen molar-refractivity contribution in [3.05, 3.63) is 65.5 Å². The van der Waals surface area contributed by atoms with Gasteiger partial charge in [0.15, 0.2) is 0 Å². The summed E-state index contributed by atoms with van der Waals surface area (Å²) in [5.41, 5.74) is 0.857. The molecule has 1 saturated heterocycles. The summed E-state index contributed by atoms with van der Waals surface area (Å²) in [7, 11) is 0. The second kappa shape index (κ2) is 9.28. The maximum absolute atomic E-state index is 14.0. The zero-order valence-corrected chi connectivity index (χ0v) is 17.8. The van der Waals surface area contributed by atoms with Crippen molar-refractivity contribution in [3.8, 4) is 5.75 Å². The third-order valence-corrected chi connectivity index (χ3v) is 5.51. The molecular weight excluding hydrogens is 383 g/mol. The Morgan fingerprint density at radius 3 is 2.57 bits per heavy atom. The fraction of sp³-hybridized carbons (Fsp3) is 0.417. The van der Waals surface area contributed by atoms with Gasteiger partial charge in [0.05, 0.1) is 18.1 Å². The molecule has 2 aromatic rings. The molecule has 0 radical (unpaired) electrons. The lowest BCUT2D eigenvalue weighted by Gasteiger charge is -2.35. The molecule has 2 aromatic carbocycles. The highest BCUT2D eigenvalue weighted by atomic mass is 19.1. The standard InChI is InChI=1S/C24H29FN2O3/c1-4-30-20-12-10-19(11-13-20)24(2,3)26-23(29)18-9-14-22(28)27(16-18)15-17-7-5-6-8-21(17)25/h5-8,10-13,18H,4,9,14-16H2,1-3H3,(H,26,29). The summed E-state index contributed by atoms with van der Waals surface area (Å²) >= 11 is 0. The first-order chi connectivity index (χ1) is 14.3. The Bertz CT molecular complexity index is 896. The number of nitrogens with zero attached hydrogens (tertiary/aromatic N) is 1. The van der Waals surface area contributed by atoms with E-state index in [1.807, 2.05) is 45.0 Å². The summed E-state index contributed by atoms with van der Waals surface area (Å²) in [5, 5.41) is 3.11. The summed E-state index contributed by atoms with van der Waals surface area (Å²) in [6.07, 6.45) is 0.786. The predicted octanol–water partition coefficient (Wildman–Crippen LogP) is 4.01. The minimum absolute atomic E-state index is 0.0481. The third kappa shape index (κ3) is 5.17.